The molecule has 3 heteroatoms. The number of carbonyl (C=O) groups is 1. The minimum Gasteiger partial charge on any atom is -0.358 e. The number of nitrogens with zero attached hydrogens (tertiary/aromatic N) is 1. The van der Waals surface area contributed by atoms with Crippen molar-refractivity contribution in [2.24, 2.45) is 5.92 Å². The van der Waals surface area contributed by atoms with E-state index in [-0.39, 0.29) is 5.91 Å². The van der Waals surface area contributed by atoms with Crippen LogP contribution in [0, 0.1) is 19.8 Å². The van der Waals surface area contributed by atoms with Gasteiger partial charge in [-0.15, -0.1) is 0 Å². The Morgan fingerprint density at radius 1 is 1.30 bits per heavy atom. The fourth-order valence-electron chi connectivity index (χ4n) is 2.57. The maximum absolute atomic E-state index is 12.6. The van der Waals surface area contributed by atoms with Crippen LogP contribution in [-0.4, -0.2) is 28.9 Å². The van der Waals surface area contributed by atoms with E-state index in [1.54, 1.807) is 0 Å². The summed E-state index contributed by atoms with van der Waals surface area (Å²) in [5.41, 5.74) is 4.27. The first-order valence-electron chi connectivity index (χ1n) is 7.32. The number of carbonyl (C=O) groups excluding carboxylic acids is 1. The minimum absolute atomic E-state index is 0.126. The second-order valence-electron chi connectivity index (χ2n) is 5.87. The Morgan fingerprint density at radius 2 is 2.00 bits per heavy atom. The zero-order valence-corrected chi connectivity index (χ0v) is 13.1. The Bertz CT molecular complexity index is 625. The van der Waals surface area contributed by atoms with Gasteiger partial charge in [-0.05, 0) is 50.5 Å². The monoisotopic (exact) mass is 272 g/mol. The summed E-state index contributed by atoms with van der Waals surface area (Å²) in [5, 5.41) is 1.15. The molecule has 2 aromatic rings. The van der Waals surface area contributed by atoms with Crippen LogP contribution in [0.25, 0.3) is 10.9 Å². The van der Waals surface area contributed by atoms with Gasteiger partial charge in [0.25, 0.3) is 5.91 Å². The summed E-state index contributed by atoms with van der Waals surface area (Å²) in [5.74, 6) is 0.611. The van der Waals surface area contributed by atoms with Gasteiger partial charge in [0.2, 0.25) is 0 Å². The number of H-pyrrole nitrogens is 1. The molecule has 0 saturated heterocycles. The Balaban J connectivity index is 2.36. The molecule has 0 fully saturated rings. The van der Waals surface area contributed by atoms with E-state index in [9.17, 15) is 4.79 Å². The van der Waals surface area contributed by atoms with Crippen LogP contribution < -0.4 is 0 Å². The molecule has 0 aliphatic heterocycles. The van der Waals surface area contributed by atoms with Crippen molar-refractivity contribution in [2.75, 3.05) is 13.1 Å². The van der Waals surface area contributed by atoms with Crippen molar-refractivity contribution in [2.45, 2.75) is 34.6 Å². The number of hydrogen-bond acceptors (Lipinski definition) is 1. The molecular weight excluding hydrogens is 248 g/mol. The van der Waals surface area contributed by atoms with E-state index < -0.39 is 0 Å². The molecule has 0 aliphatic rings. The molecule has 1 aromatic carbocycles. The van der Waals surface area contributed by atoms with Gasteiger partial charge in [-0.1, -0.05) is 13.8 Å². The number of rotatable bonds is 4. The Hall–Kier alpha value is -1.77. The number of aromatic nitrogens is 1. The first-order chi connectivity index (χ1) is 9.43. The molecule has 0 unspecified atom stereocenters. The van der Waals surface area contributed by atoms with Crippen LogP contribution in [0.1, 0.15) is 42.4 Å². The van der Waals surface area contributed by atoms with Gasteiger partial charge >= 0.3 is 0 Å². The highest BCUT2D eigenvalue weighted by Crippen LogP contribution is 2.23. The van der Waals surface area contributed by atoms with E-state index >= 15 is 0 Å². The lowest BCUT2D eigenvalue weighted by atomic mass is 10.1. The SMILES string of the molecule is CCN(CC(C)C)C(=O)c1ccc2[nH]c(C)c(C)c2c1. The topological polar surface area (TPSA) is 36.1 Å². The van der Waals surface area contributed by atoms with Crippen LogP contribution in [0.5, 0.6) is 0 Å². The normalized spacial score (nSPS) is 11.3. The lowest BCUT2D eigenvalue weighted by Crippen LogP contribution is -2.33. The summed E-state index contributed by atoms with van der Waals surface area (Å²) in [7, 11) is 0. The van der Waals surface area contributed by atoms with Crippen LogP contribution in [0.2, 0.25) is 0 Å². The van der Waals surface area contributed by atoms with Gasteiger partial charge in [-0.3, -0.25) is 4.79 Å². The van der Waals surface area contributed by atoms with Gasteiger partial charge < -0.3 is 9.88 Å². The molecule has 20 heavy (non-hydrogen) atoms. The predicted octanol–water partition coefficient (Wildman–Crippen LogP) is 3.90. The first-order valence-corrected chi connectivity index (χ1v) is 7.32. The van der Waals surface area contributed by atoms with Crippen LogP contribution in [0.3, 0.4) is 0 Å². The molecule has 2 rings (SSSR count). The Kier molecular flexibility index (Phi) is 4.17. The van der Waals surface area contributed by atoms with Crippen LogP contribution in [-0.2, 0) is 0 Å². The van der Waals surface area contributed by atoms with Gasteiger partial charge in [-0.25, -0.2) is 0 Å². The number of fused-ring (bicyclic) bond motifs is 1. The van der Waals surface area contributed by atoms with Gasteiger partial charge in [-0.2, -0.15) is 0 Å². The molecule has 0 saturated carbocycles. The van der Waals surface area contributed by atoms with Crippen molar-refractivity contribution in [3.8, 4) is 0 Å². The van der Waals surface area contributed by atoms with Crippen LogP contribution in [0.4, 0.5) is 0 Å². The van der Waals surface area contributed by atoms with E-state index in [1.165, 1.54) is 11.3 Å². The second kappa shape index (κ2) is 5.70. The van der Waals surface area contributed by atoms with E-state index in [0.717, 1.165) is 29.6 Å². The lowest BCUT2D eigenvalue weighted by molar-refractivity contribution is 0.0746. The molecule has 0 atom stereocenters. The van der Waals surface area contributed by atoms with Gasteiger partial charge in [0.15, 0.2) is 0 Å². The Morgan fingerprint density at radius 3 is 2.60 bits per heavy atom. The molecule has 0 spiro atoms. The van der Waals surface area contributed by atoms with E-state index in [4.69, 9.17) is 0 Å². The van der Waals surface area contributed by atoms with Crippen molar-refractivity contribution in [3.63, 3.8) is 0 Å². The number of benzene rings is 1. The number of aryl methyl sites for hydroxylation is 2. The molecule has 0 radical (unpaired) electrons. The third-order valence-electron chi connectivity index (χ3n) is 3.81. The van der Waals surface area contributed by atoms with Crippen molar-refractivity contribution in [1.29, 1.82) is 0 Å². The van der Waals surface area contributed by atoms with Crippen molar-refractivity contribution in [3.05, 3.63) is 35.0 Å². The summed E-state index contributed by atoms with van der Waals surface area (Å²) >= 11 is 0. The zero-order valence-electron chi connectivity index (χ0n) is 13.1. The summed E-state index contributed by atoms with van der Waals surface area (Å²) < 4.78 is 0. The largest absolute Gasteiger partial charge is 0.358 e. The smallest absolute Gasteiger partial charge is 0.253 e. The average molecular weight is 272 g/mol. The summed E-state index contributed by atoms with van der Waals surface area (Å²) in [6.07, 6.45) is 0. The third kappa shape index (κ3) is 2.72. The fraction of sp³-hybridized carbons (Fsp3) is 0.471. The van der Waals surface area contributed by atoms with Crippen LogP contribution in [0.15, 0.2) is 18.2 Å². The maximum Gasteiger partial charge on any atom is 0.253 e. The predicted molar refractivity (Wildman–Crippen MR) is 84.2 cm³/mol. The molecule has 0 bridgehead atoms. The molecule has 3 nitrogen and oxygen atoms in total. The van der Waals surface area contributed by atoms with E-state index in [1.807, 2.05) is 30.0 Å². The van der Waals surface area contributed by atoms with E-state index in [2.05, 4.69) is 32.7 Å². The molecule has 1 N–H and O–H groups in total. The minimum atomic E-state index is 0.126. The molecular formula is C17H24N2O. The Labute approximate surface area is 121 Å². The lowest BCUT2D eigenvalue weighted by Gasteiger charge is -2.23. The summed E-state index contributed by atoms with van der Waals surface area (Å²) in [6.45, 7) is 12.0. The maximum atomic E-state index is 12.6. The number of aromatic amines is 1. The molecule has 1 aromatic heterocycles. The highest BCUT2D eigenvalue weighted by molar-refractivity contribution is 5.99. The zero-order chi connectivity index (χ0) is 14.9. The highest BCUT2D eigenvalue weighted by Gasteiger charge is 2.16. The quantitative estimate of drug-likeness (QED) is 0.900. The molecule has 1 heterocycles. The van der Waals surface area contributed by atoms with Crippen molar-refractivity contribution < 1.29 is 4.79 Å². The molecule has 108 valence electrons. The van der Waals surface area contributed by atoms with Crippen molar-refractivity contribution in [1.82, 2.24) is 9.88 Å². The summed E-state index contributed by atoms with van der Waals surface area (Å²) in [4.78, 5) is 17.8. The van der Waals surface area contributed by atoms with Gasteiger partial charge in [0.05, 0.1) is 0 Å². The van der Waals surface area contributed by atoms with Crippen LogP contribution >= 0.6 is 0 Å². The molecule has 0 aliphatic carbocycles. The van der Waals surface area contributed by atoms with Gasteiger partial charge in [0.1, 0.15) is 0 Å². The first kappa shape index (κ1) is 14.6. The summed E-state index contributed by atoms with van der Waals surface area (Å²) in [6, 6.07) is 5.94. The van der Waals surface area contributed by atoms with E-state index in [0.29, 0.717) is 5.92 Å². The molecule has 1 amide bonds. The standard InChI is InChI=1S/C17H24N2O/c1-6-19(10-11(2)3)17(20)14-7-8-16-15(9-14)12(4)13(5)18-16/h7-9,11,18H,6,10H2,1-5H3. The van der Waals surface area contributed by atoms with Crippen molar-refractivity contribution >= 4 is 16.8 Å². The fourth-order valence-corrected chi connectivity index (χ4v) is 2.57. The van der Waals surface area contributed by atoms with Gasteiger partial charge in [0, 0.05) is 35.2 Å². The number of nitrogens with one attached hydrogen (secondary N) is 1. The highest BCUT2D eigenvalue weighted by atomic mass is 16.2. The number of amides is 1. The average Bonchev–Trinajstić information content (AvgIpc) is 2.70. The number of hydrogen-bond donors (Lipinski definition) is 1. The third-order valence-corrected chi connectivity index (χ3v) is 3.81. The second-order valence-corrected chi connectivity index (χ2v) is 5.87.